The van der Waals surface area contributed by atoms with Crippen LogP contribution >= 0.6 is 11.6 Å². The van der Waals surface area contributed by atoms with Crippen LogP contribution in [0.3, 0.4) is 0 Å². The van der Waals surface area contributed by atoms with Gasteiger partial charge in [-0.1, -0.05) is 24.6 Å². The average molecular weight is 480 g/mol. The quantitative estimate of drug-likeness (QED) is 0.344. The van der Waals surface area contributed by atoms with Crippen LogP contribution < -0.4 is 14.9 Å². The normalized spacial score (nSPS) is 15.1. The Hall–Kier alpha value is -3.71. The van der Waals surface area contributed by atoms with Crippen LogP contribution in [0.25, 0.3) is 11.0 Å². The van der Waals surface area contributed by atoms with E-state index in [1.165, 1.54) is 0 Å². The molecule has 7 nitrogen and oxygen atoms in total. The van der Waals surface area contributed by atoms with Crippen molar-refractivity contribution in [1.82, 2.24) is 4.90 Å². The number of hydrogen-bond donors (Lipinski definition) is 0. The zero-order valence-corrected chi connectivity index (χ0v) is 19.4. The Kier molecular flexibility index (Phi) is 5.79. The number of carbonyl (C=O) groups is 1. The molecule has 0 spiro atoms. The van der Waals surface area contributed by atoms with E-state index in [0.717, 1.165) is 6.42 Å². The van der Waals surface area contributed by atoms with Gasteiger partial charge in [0.2, 0.25) is 5.76 Å². The lowest BCUT2D eigenvalue weighted by Gasteiger charge is -2.25. The van der Waals surface area contributed by atoms with Gasteiger partial charge in [-0.25, -0.2) is 0 Å². The van der Waals surface area contributed by atoms with Gasteiger partial charge in [-0.2, -0.15) is 0 Å². The first kappa shape index (κ1) is 22.1. The van der Waals surface area contributed by atoms with Crippen LogP contribution in [0.1, 0.15) is 46.8 Å². The van der Waals surface area contributed by atoms with Gasteiger partial charge >= 0.3 is 0 Å². The first-order valence-corrected chi connectivity index (χ1v) is 11.3. The summed E-state index contributed by atoms with van der Waals surface area (Å²) in [7, 11) is 1.55. The molecule has 1 aliphatic rings. The SMILES string of the molecule is CCCOc1ccc(C2c3c(oc4ccc(Cl)cc4c3=O)C(=O)N2Cc2ccco2)cc1OC. The molecule has 0 saturated heterocycles. The minimum Gasteiger partial charge on any atom is -0.493 e. The monoisotopic (exact) mass is 479 g/mol. The molecular formula is C26H22ClNO6. The molecule has 0 N–H and O–H groups in total. The highest BCUT2D eigenvalue weighted by Crippen LogP contribution is 2.42. The zero-order chi connectivity index (χ0) is 23.8. The summed E-state index contributed by atoms with van der Waals surface area (Å²) in [5.74, 6) is 1.31. The second kappa shape index (κ2) is 8.91. The molecule has 174 valence electrons. The molecule has 8 heteroatoms. The van der Waals surface area contributed by atoms with Gasteiger partial charge in [-0.05, 0) is 54.4 Å². The fraction of sp³-hybridized carbons (Fsp3) is 0.231. The highest BCUT2D eigenvalue weighted by Gasteiger charge is 2.43. The lowest BCUT2D eigenvalue weighted by molar-refractivity contribution is 0.0701. The van der Waals surface area contributed by atoms with Crippen molar-refractivity contribution in [2.75, 3.05) is 13.7 Å². The molecular weight excluding hydrogens is 458 g/mol. The maximum absolute atomic E-state index is 13.6. The third kappa shape index (κ3) is 3.72. The van der Waals surface area contributed by atoms with Crippen molar-refractivity contribution in [3.63, 3.8) is 0 Å². The molecule has 0 radical (unpaired) electrons. The number of ether oxygens (including phenoxy) is 2. The zero-order valence-electron chi connectivity index (χ0n) is 18.7. The molecule has 2 aromatic carbocycles. The molecule has 3 heterocycles. The molecule has 0 fully saturated rings. The molecule has 1 atom stereocenters. The summed E-state index contributed by atoms with van der Waals surface area (Å²) >= 11 is 6.15. The van der Waals surface area contributed by atoms with E-state index in [0.29, 0.717) is 45.4 Å². The maximum atomic E-state index is 13.6. The molecule has 1 amide bonds. The van der Waals surface area contributed by atoms with Crippen molar-refractivity contribution >= 4 is 28.5 Å². The second-order valence-corrected chi connectivity index (χ2v) is 8.42. The molecule has 0 saturated carbocycles. The van der Waals surface area contributed by atoms with E-state index in [4.69, 9.17) is 29.9 Å². The van der Waals surface area contributed by atoms with Gasteiger partial charge in [0.1, 0.15) is 11.3 Å². The standard InChI is InChI=1S/C26H22ClNO6/c1-3-10-33-20-8-6-15(12-21(20)31-2)23-22-24(29)18-13-16(27)7-9-19(18)34-25(22)26(30)28(23)14-17-5-4-11-32-17/h4-9,11-13,23H,3,10,14H2,1-2H3. The first-order valence-electron chi connectivity index (χ1n) is 10.9. The van der Waals surface area contributed by atoms with Gasteiger partial charge in [0, 0.05) is 5.02 Å². The van der Waals surface area contributed by atoms with Gasteiger partial charge in [-0.15, -0.1) is 0 Å². The van der Waals surface area contributed by atoms with E-state index in [1.54, 1.807) is 60.7 Å². The summed E-state index contributed by atoms with van der Waals surface area (Å²) in [6, 6.07) is 13.0. The maximum Gasteiger partial charge on any atom is 0.291 e. The largest absolute Gasteiger partial charge is 0.493 e. The van der Waals surface area contributed by atoms with Crippen LogP contribution in [0.2, 0.25) is 5.02 Å². The number of carbonyl (C=O) groups excluding carboxylic acids is 1. The number of methoxy groups -OCH3 is 1. The number of halogens is 1. The molecule has 0 aliphatic carbocycles. The summed E-state index contributed by atoms with van der Waals surface area (Å²) in [5, 5.41) is 0.728. The van der Waals surface area contributed by atoms with Crippen molar-refractivity contribution in [1.29, 1.82) is 0 Å². The summed E-state index contributed by atoms with van der Waals surface area (Å²) in [4.78, 5) is 28.7. The highest BCUT2D eigenvalue weighted by molar-refractivity contribution is 6.31. The third-order valence-electron chi connectivity index (χ3n) is 5.80. The highest BCUT2D eigenvalue weighted by atomic mass is 35.5. The summed E-state index contributed by atoms with van der Waals surface area (Å²) < 4.78 is 22.8. The van der Waals surface area contributed by atoms with Crippen molar-refractivity contribution in [3.05, 3.63) is 92.7 Å². The Morgan fingerprint density at radius 2 is 1.94 bits per heavy atom. The van der Waals surface area contributed by atoms with Gasteiger partial charge in [-0.3, -0.25) is 9.59 Å². The number of amides is 1. The van der Waals surface area contributed by atoms with Crippen LogP contribution in [-0.4, -0.2) is 24.5 Å². The summed E-state index contributed by atoms with van der Waals surface area (Å²) in [6.45, 7) is 2.72. The van der Waals surface area contributed by atoms with Crippen LogP contribution in [0.5, 0.6) is 11.5 Å². The lowest BCUT2D eigenvalue weighted by Crippen LogP contribution is -2.29. The van der Waals surface area contributed by atoms with Gasteiger partial charge in [0.05, 0.1) is 43.5 Å². The van der Waals surface area contributed by atoms with E-state index < -0.39 is 11.9 Å². The Labute approximate surface area is 200 Å². The van der Waals surface area contributed by atoms with E-state index in [2.05, 4.69) is 0 Å². The minimum atomic E-state index is -0.707. The van der Waals surface area contributed by atoms with Gasteiger partial charge in [0.25, 0.3) is 5.91 Å². The predicted octanol–water partition coefficient (Wildman–Crippen LogP) is 5.58. The van der Waals surface area contributed by atoms with Gasteiger partial charge < -0.3 is 23.2 Å². The number of rotatable bonds is 7. The third-order valence-corrected chi connectivity index (χ3v) is 6.03. The molecule has 34 heavy (non-hydrogen) atoms. The Balaban J connectivity index is 1.70. The molecule has 5 rings (SSSR count). The second-order valence-electron chi connectivity index (χ2n) is 7.99. The Bertz CT molecular complexity index is 1430. The summed E-state index contributed by atoms with van der Waals surface area (Å²) in [5.41, 5.74) is 0.953. The predicted molar refractivity (Wildman–Crippen MR) is 127 cm³/mol. The first-order chi connectivity index (χ1) is 16.5. The number of fused-ring (bicyclic) bond motifs is 2. The van der Waals surface area contributed by atoms with Crippen LogP contribution in [0, 0.1) is 0 Å². The number of furan rings is 1. The molecule has 2 aromatic heterocycles. The molecule has 1 aliphatic heterocycles. The van der Waals surface area contributed by atoms with Crippen molar-refractivity contribution < 1.29 is 23.1 Å². The minimum absolute atomic E-state index is 0.0154. The van der Waals surface area contributed by atoms with Crippen LogP contribution in [0.15, 0.2) is 68.4 Å². The average Bonchev–Trinajstić information content (AvgIpc) is 3.45. The van der Waals surface area contributed by atoms with Crippen LogP contribution in [-0.2, 0) is 6.54 Å². The summed E-state index contributed by atoms with van der Waals surface area (Å²) in [6.07, 6.45) is 2.39. The number of hydrogen-bond acceptors (Lipinski definition) is 6. The van der Waals surface area contributed by atoms with Crippen LogP contribution in [0.4, 0.5) is 0 Å². The topological polar surface area (TPSA) is 82.1 Å². The Morgan fingerprint density at radius 1 is 1.09 bits per heavy atom. The van der Waals surface area contributed by atoms with E-state index in [9.17, 15) is 9.59 Å². The fourth-order valence-corrected chi connectivity index (χ4v) is 4.43. The fourth-order valence-electron chi connectivity index (χ4n) is 4.26. The Morgan fingerprint density at radius 3 is 2.68 bits per heavy atom. The van der Waals surface area contributed by atoms with E-state index in [1.807, 2.05) is 13.0 Å². The molecule has 1 unspecified atom stereocenters. The van der Waals surface area contributed by atoms with Crippen molar-refractivity contribution in [3.8, 4) is 11.5 Å². The van der Waals surface area contributed by atoms with E-state index in [-0.39, 0.29) is 23.3 Å². The number of nitrogens with zero attached hydrogens (tertiary/aromatic N) is 1. The van der Waals surface area contributed by atoms with Gasteiger partial charge in [0.15, 0.2) is 16.9 Å². The van der Waals surface area contributed by atoms with Crippen molar-refractivity contribution in [2.24, 2.45) is 0 Å². The smallest absolute Gasteiger partial charge is 0.291 e. The number of benzene rings is 2. The van der Waals surface area contributed by atoms with Crippen molar-refractivity contribution in [2.45, 2.75) is 25.9 Å². The lowest BCUT2D eigenvalue weighted by atomic mass is 9.98. The molecule has 0 bridgehead atoms. The van der Waals surface area contributed by atoms with E-state index >= 15 is 0 Å². The molecule has 4 aromatic rings.